The molecule has 0 spiro atoms. The average molecular weight is 462 g/mol. The number of nitrogens with one attached hydrogen (secondary N) is 1. The third-order valence-electron chi connectivity index (χ3n) is 6.46. The predicted octanol–water partition coefficient (Wildman–Crippen LogP) is 5.81. The molecule has 172 valence electrons. The Balaban J connectivity index is 0.00000126. The summed E-state index contributed by atoms with van der Waals surface area (Å²) in [6, 6.07) is 16.9. The van der Waals surface area contributed by atoms with Gasteiger partial charge in [-0.2, -0.15) is 9.65 Å². The minimum absolute atomic E-state index is 0.254. The van der Waals surface area contributed by atoms with Crippen LogP contribution in [0, 0.1) is 0 Å². The Hall–Kier alpha value is -2.67. The second kappa shape index (κ2) is 10.1. The lowest BCUT2D eigenvalue weighted by Crippen LogP contribution is -2.37. The highest BCUT2D eigenvalue weighted by atomic mass is 32.2. The van der Waals surface area contributed by atoms with Gasteiger partial charge < -0.3 is 5.32 Å². The molecular weight excluding hydrogens is 428 g/mol. The first kappa shape index (κ1) is 23.5. The van der Waals surface area contributed by atoms with Gasteiger partial charge in [-0.05, 0) is 54.1 Å². The topological polar surface area (TPSA) is 62.5 Å². The maximum atomic E-state index is 9.93. The normalized spacial score (nSPS) is 16.2. The Morgan fingerprint density at radius 2 is 1.70 bits per heavy atom. The molecule has 4 aromatic rings. The van der Waals surface area contributed by atoms with Gasteiger partial charge in [0.2, 0.25) is 0 Å². The van der Waals surface area contributed by atoms with Crippen molar-refractivity contribution in [3.63, 3.8) is 0 Å². The molecule has 5 rings (SSSR count). The van der Waals surface area contributed by atoms with E-state index in [9.17, 15) is 4.55 Å². The Bertz CT molecular complexity index is 1210. The van der Waals surface area contributed by atoms with Crippen LogP contribution in [0.25, 0.3) is 27.9 Å². The van der Waals surface area contributed by atoms with Gasteiger partial charge in [-0.1, -0.05) is 57.2 Å². The van der Waals surface area contributed by atoms with E-state index in [2.05, 4.69) is 41.6 Å². The zero-order chi connectivity index (χ0) is 23.4. The predicted molar refractivity (Wildman–Crippen MR) is 139 cm³/mol. The number of aromatic nitrogens is 3. The highest BCUT2D eigenvalue weighted by Gasteiger charge is 2.28. The summed E-state index contributed by atoms with van der Waals surface area (Å²) in [7, 11) is 0. The van der Waals surface area contributed by atoms with Crippen LogP contribution in [-0.2, 0) is 16.6 Å². The van der Waals surface area contributed by atoms with E-state index in [-0.39, 0.29) is 5.41 Å². The van der Waals surface area contributed by atoms with Crippen molar-refractivity contribution in [2.24, 2.45) is 0 Å². The minimum atomic E-state index is -0.771. The van der Waals surface area contributed by atoms with Crippen LogP contribution in [-0.4, -0.2) is 38.5 Å². The lowest BCUT2D eigenvalue weighted by Gasteiger charge is -2.34. The monoisotopic (exact) mass is 461 g/mol. The van der Waals surface area contributed by atoms with Crippen LogP contribution in [0.4, 0.5) is 0 Å². The first-order valence-electron chi connectivity index (χ1n) is 11.6. The maximum absolute atomic E-state index is 9.93. The molecule has 1 fully saturated rings. The van der Waals surface area contributed by atoms with Crippen molar-refractivity contribution in [1.82, 2.24) is 19.9 Å². The fourth-order valence-electron chi connectivity index (χ4n) is 4.41. The van der Waals surface area contributed by atoms with Gasteiger partial charge in [-0.15, -0.1) is 0 Å². The second-order valence-corrected chi connectivity index (χ2v) is 9.99. The van der Waals surface area contributed by atoms with Crippen LogP contribution >= 0.6 is 0 Å². The molecule has 0 amide bonds. The number of nitrogens with zero attached hydrogens (tertiary/aromatic N) is 3. The van der Waals surface area contributed by atoms with E-state index in [0.29, 0.717) is 0 Å². The second-order valence-electron chi connectivity index (χ2n) is 8.56. The molecule has 3 heterocycles. The van der Waals surface area contributed by atoms with Crippen LogP contribution < -0.4 is 5.32 Å². The van der Waals surface area contributed by atoms with E-state index in [0.717, 1.165) is 45.9 Å². The fraction of sp³-hybridized carbons (Fsp3) is 0.333. The number of piperidine rings is 1. The molecule has 1 aliphatic rings. The van der Waals surface area contributed by atoms with E-state index in [1.807, 2.05) is 61.2 Å². The standard InChI is InChI=1S/C25H27N4OS.C2H6/c1-25(10-12-26-13-11-25)21-8-6-18(7-9-21)20-15-27-24-23(16-28-29(24)17-20)19-4-3-5-22(14-19)31(2)30;1-2/h3-9,14-17,26,30H,10-13H2,1-2H3;1-2H3/q+1;. The largest absolute Gasteiger partial charge is 0.317 e. The summed E-state index contributed by atoms with van der Waals surface area (Å²) in [5.74, 6) is 0. The highest BCUT2D eigenvalue weighted by molar-refractivity contribution is 7.90. The average Bonchev–Trinajstić information content (AvgIpc) is 3.29. The molecule has 2 aromatic heterocycles. The molecule has 0 saturated carbocycles. The third kappa shape index (κ3) is 4.83. The van der Waals surface area contributed by atoms with E-state index in [1.54, 1.807) is 6.26 Å². The number of hydrogen-bond donors (Lipinski definition) is 2. The lowest BCUT2D eigenvalue weighted by atomic mass is 9.75. The molecule has 33 heavy (non-hydrogen) atoms. The summed E-state index contributed by atoms with van der Waals surface area (Å²) in [4.78, 5) is 5.64. The molecule has 1 atom stereocenters. The third-order valence-corrected chi connectivity index (χ3v) is 7.40. The molecule has 1 unspecified atom stereocenters. The Morgan fingerprint density at radius 1 is 0.970 bits per heavy atom. The van der Waals surface area contributed by atoms with E-state index in [1.165, 1.54) is 18.4 Å². The number of rotatable bonds is 4. The Kier molecular flexibility index (Phi) is 7.17. The van der Waals surface area contributed by atoms with Gasteiger partial charge in [0, 0.05) is 29.6 Å². The van der Waals surface area contributed by atoms with Crippen molar-refractivity contribution in [2.45, 2.75) is 43.9 Å². The van der Waals surface area contributed by atoms with Crippen molar-refractivity contribution in [3.8, 4) is 22.3 Å². The SMILES string of the molecule is CC.C[S+](O)c1cccc(-c2cnn3cc(-c4ccc(C5(C)CCNCC5)cc4)cnc23)c1. The smallest absolute Gasteiger partial charge is 0.190 e. The van der Waals surface area contributed by atoms with Gasteiger partial charge >= 0.3 is 0 Å². The van der Waals surface area contributed by atoms with Crippen LogP contribution in [0.15, 0.2) is 72.0 Å². The quantitative estimate of drug-likeness (QED) is 0.377. The van der Waals surface area contributed by atoms with E-state index >= 15 is 0 Å². The molecule has 0 radical (unpaired) electrons. The summed E-state index contributed by atoms with van der Waals surface area (Å²) < 4.78 is 11.8. The molecule has 2 N–H and O–H groups in total. The summed E-state index contributed by atoms with van der Waals surface area (Å²) >= 11 is -0.771. The van der Waals surface area contributed by atoms with Gasteiger partial charge in [0.1, 0.15) is 6.26 Å². The molecule has 0 aliphatic carbocycles. The van der Waals surface area contributed by atoms with Crippen molar-refractivity contribution >= 4 is 16.8 Å². The van der Waals surface area contributed by atoms with Gasteiger partial charge in [0.15, 0.2) is 21.7 Å². The van der Waals surface area contributed by atoms with Crippen molar-refractivity contribution < 1.29 is 4.55 Å². The van der Waals surface area contributed by atoms with E-state index < -0.39 is 11.2 Å². The van der Waals surface area contributed by atoms with Crippen molar-refractivity contribution in [1.29, 1.82) is 0 Å². The van der Waals surface area contributed by atoms with Crippen molar-refractivity contribution in [3.05, 3.63) is 72.7 Å². The Morgan fingerprint density at radius 3 is 2.39 bits per heavy atom. The lowest BCUT2D eigenvalue weighted by molar-refractivity contribution is 0.335. The number of hydrogen-bond acceptors (Lipinski definition) is 4. The summed E-state index contributed by atoms with van der Waals surface area (Å²) in [5.41, 5.74) is 6.65. The summed E-state index contributed by atoms with van der Waals surface area (Å²) in [6.07, 6.45) is 9.95. The van der Waals surface area contributed by atoms with Gasteiger partial charge in [0.05, 0.1) is 6.20 Å². The molecule has 6 heteroatoms. The molecule has 5 nitrogen and oxygen atoms in total. The molecule has 2 aromatic carbocycles. The van der Waals surface area contributed by atoms with Crippen LogP contribution in [0.3, 0.4) is 0 Å². The first-order valence-corrected chi connectivity index (χ1v) is 13.2. The molecule has 1 saturated heterocycles. The molecule has 1 aliphatic heterocycles. The van der Waals surface area contributed by atoms with Crippen LogP contribution in [0.5, 0.6) is 0 Å². The van der Waals surface area contributed by atoms with Gasteiger partial charge in [-0.25, -0.2) is 9.50 Å². The van der Waals surface area contributed by atoms with E-state index in [4.69, 9.17) is 4.98 Å². The maximum Gasteiger partial charge on any atom is 0.190 e. The number of fused-ring (bicyclic) bond motifs is 1. The van der Waals surface area contributed by atoms with Crippen LogP contribution in [0.1, 0.15) is 39.2 Å². The Labute approximate surface area is 199 Å². The minimum Gasteiger partial charge on any atom is -0.317 e. The summed E-state index contributed by atoms with van der Waals surface area (Å²) in [5, 5.41) is 8.00. The zero-order valence-electron chi connectivity index (χ0n) is 19.9. The first-order chi connectivity index (χ1) is 16.0. The van der Waals surface area contributed by atoms with Crippen LogP contribution in [0.2, 0.25) is 0 Å². The number of benzene rings is 2. The highest BCUT2D eigenvalue weighted by Crippen LogP contribution is 2.34. The molecule has 0 bridgehead atoms. The van der Waals surface area contributed by atoms with Crippen molar-refractivity contribution in [2.75, 3.05) is 19.3 Å². The molecular formula is C27H33N4OS+. The zero-order valence-corrected chi connectivity index (χ0v) is 20.7. The summed E-state index contributed by atoms with van der Waals surface area (Å²) in [6.45, 7) is 8.54. The van der Waals surface area contributed by atoms with Gasteiger partial charge in [-0.3, -0.25) is 0 Å². The van der Waals surface area contributed by atoms with Gasteiger partial charge in [0.25, 0.3) is 0 Å². The fourth-order valence-corrected chi connectivity index (χ4v) is 4.98.